The Balaban J connectivity index is 1.65. The van der Waals surface area contributed by atoms with Crippen LogP contribution < -0.4 is 10.1 Å². The SMILES string of the molecule is Cc1cccc(C)c1OCC(=O)OCC(=O)NCCc1ccc(Cl)cc1. The van der Waals surface area contributed by atoms with Gasteiger partial charge in [0.05, 0.1) is 0 Å². The third-order valence-electron chi connectivity index (χ3n) is 3.76. The lowest BCUT2D eigenvalue weighted by atomic mass is 10.1. The summed E-state index contributed by atoms with van der Waals surface area (Å²) in [4.78, 5) is 23.5. The molecule has 0 bridgehead atoms. The van der Waals surface area contributed by atoms with Gasteiger partial charge in [0.15, 0.2) is 13.2 Å². The normalized spacial score (nSPS) is 10.3. The molecule has 0 aromatic heterocycles. The van der Waals surface area contributed by atoms with Crippen molar-refractivity contribution in [3.05, 3.63) is 64.2 Å². The minimum Gasteiger partial charge on any atom is -0.481 e. The maximum Gasteiger partial charge on any atom is 0.344 e. The maximum absolute atomic E-state index is 11.7. The summed E-state index contributed by atoms with van der Waals surface area (Å²) in [6.45, 7) is 3.71. The smallest absolute Gasteiger partial charge is 0.344 e. The number of carbonyl (C=O) groups excluding carboxylic acids is 2. The molecule has 0 aliphatic carbocycles. The number of rotatable bonds is 8. The quantitative estimate of drug-likeness (QED) is 0.719. The second kappa shape index (κ2) is 9.82. The average Bonchev–Trinajstić information content (AvgIpc) is 2.61. The first-order chi connectivity index (χ1) is 12.5. The fourth-order valence-electron chi connectivity index (χ4n) is 2.39. The predicted octanol–water partition coefficient (Wildman–Crippen LogP) is 3.24. The van der Waals surface area contributed by atoms with Crippen LogP contribution in [0.25, 0.3) is 0 Å². The number of esters is 1. The third kappa shape index (κ3) is 6.41. The molecule has 2 aromatic rings. The van der Waals surface area contributed by atoms with Gasteiger partial charge in [-0.25, -0.2) is 4.79 Å². The van der Waals surface area contributed by atoms with Crippen molar-refractivity contribution in [3.8, 4) is 5.75 Å². The van der Waals surface area contributed by atoms with Crippen molar-refractivity contribution in [2.45, 2.75) is 20.3 Å². The van der Waals surface area contributed by atoms with Gasteiger partial charge in [-0.15, -0.1) is 0 Å². The van der Waals surface area contributed by atoms with E-state index in [-0.39, 0.29) is 19.1 Å². The molecule has 6 heteroatoms. The van der Waals surface area contributed by atoms with E-state index in [1.54, 1.807) is 12.1 Å². The highest BCUT2D eigenvalue weighted by Gasteiger charge is 2.10. The second-order valence-corrected chi connectivity index (χ2v) is 6.33. The van der Waals surface area contributed by atoms with Crippen LogP contribution in [0.4, 0.5) is 0 Å². The zero-order chi connectivity index (χ0) is 18.9. The van der Waals surface area contributed by atoms with Crippen molar-refractivity contribution in [1.82, 2.24) is 5.32 Å². The monoisotopic (exact) mass is 375 g/mol. The number of hydrogen-bond acceptors (Lipinski definition) is 4. The molecule has 1 N–H and O–H groups in total. The van der Waals surface area contributed by atoms with Crippen molar-refractivity contribution >= 4 is 23.5 Å². The van der Waals surface area contributed by atoms with Crippen molar-refractivity contribution in [3.63, 3.8) is 0 Å². The van der Waals surface area contributed by atoms with Gasteiger partial charge < -0.3 is 14.8 Å². The van der Waals surface area contributed by atoms with Crippen molar-refractivity contribution in [1.29, 1.82) is 0 Å². The molecule has 0 aliphatic rings. The summed E-state index contributed by atoms with van der Waals surface area (Å²) in [6, 6.07) is 13.1. The van der Waals surface area contributed by atoms with Crippen LogP contribution >= 0.6 is 11.6 Å². The molecule has 0 radical (unpaired) electrons. The number of benzene rings is 2. The van der Waals surface area contributed by atoms with E-state index in [1.807, 2.05) is 44.2 Å². The highest BCUT2D eigenvalue weighted by Crippen LogP contribution is 2.22. The predicted molar refractivity (Wildman–Crippen MR) is 101 cm³/mol. The molecule has 0 unspecified atom stereocenters. The standard InChI is InChI=1S/C20H22ClNO4/c1-14-4-3-5-15(2)20(14)26-13-19(24)25-12-18(23)22-11-10-16-6-8-17(21)9-7-16/h3-9H,10-13H2,1-2H3,(H,22,23). The fourth-order valence-corrected chi connectivity index (χ4v) is 2.52. The summed E-state index contributed by atoms with van der Waals surface area (Å²) in [5.74, 6) is -0.267. The molecule has 0 saturated heterocycles. The lowest BCUT2D eigenvalue weighted by Gasteiger charge is -2.11. The van der Waals surface area contributed by atoms with Gasteiger partial charge >= 0.3 is 5.97 Å². The van der Waals surface area contributed by atoms with E-state index in [1.165, 1.54) is 0 Å². The fraction of sp³-hybridized carbons (Fsp3) is 0.300. The van der Waals surface area contributed by atoms with Gasteiger partial charge in [-0.2, -0.15) is 0 Å². The van der Waals surface area contributed by atoms with Crippen LogP contribution in [-0.4, -0.2) is 31.6 Å². The van der Waals surface area contributed by atoms with Crippen molar-refractivity contribution < 1.29 is 19.1 Å². The molecule has 1 amide bonds. The van der Waals surface area contributed by atoms with Gasteiger partial charge in [0.1, 0.15) is 5.75 Å². The molecular formula is C20H22ClNO4. The Morgan fingerprint density at radius 2 is 1.65 bits per heavy atom. The Morgan fingerprint density at radius 1 is 1.00 bits per heavy atom. The molecule has 138 valence electrons. The number of nitrogens with one attached hydrogen (secondary N) is 1. The lowest BCUT2D eigenvalue weighted by molar-refractivity contribution is -0.150. The summed E-state index contributed by atoms with van der Waals surface area (Å²) in [7, 11) is 0. The van der Waals surface area contributed by atoms with Crippen LogP contribution in [0.1, 0.15) is 16.7 Å². The van der Waals surface area contributed by atoms with E-state index >= 15 is 0 Å². The van der Waals surface area contributed by atoms with Gasteiger partial charge in [-0.1, -0.05) is 41.9 Å². The number of carbonyl (C=O) groups is 2. The third-order valence-corrected chi connectivity index (χ3v) is 4.01. The molecule has 0 fully saturated rings. The van der Waals surface area contributed by atoms with Gasteiger partial charge in [-0.05, 0) is 49.1 Å². The van der Waals surface area contributed by atoms with Crippen LogP contribution in [0.2, 0.25) is 5.02 Å². The topological polar surface area (TPSA) is 64.6 Å². The van der Waals surface area contributed by atoms with Gasteiger partial charge in [0.25, 0.3) is 5.91 Å². The number of aryl methyl sites for hydroxylation is 2. The highest BCUT2D eigenvalue weighted by molar-refractivity contribution is 6.30. The molecule has 5 nitrogen and oxygen atoms in total. The van der Waals surface area contributed by atoms with Crippen molar-refractivity contribution in [2.75, 3.05) is 19.8 Å². The first-order valence-electron chi connectivity index (χ1n) is 8.31. The Kier molecular flexibility index (Phi) is 7.48. The van der Waals surface area contributed by atoms with E-state index < -0.39 is 5.97 Å². The highest BCUT2D eigenvalue weighted by atomic mass is 35.5. The molecular weight excluding hydrogens is 354 g/mol. The van der Waals surface area contributed by atoms with Crippen LogP contribution in [0.3, 0.4) is 0 Å². The van der Waals surface area contributed by atoms with Gasteiger partial charge in [0, 0.05) is 11.6 Å². The van der Waals surface area contributed by atoms with Crippen molar-refractivity contribution in [2.24, 2.45) is 0 Å². The molecule has 0 aliphatic heterocycles. The Bertz CT molecular complexity index is 739. The Morgan fingerprint density at radius 3 is 2.31 bits per heavy atom. The minimum absolute atomic E-state index is 0.232. The molecule has 0 spiro atoms. The van der Waals surface area contributed by atoms with Gasteiger partial charge in [0.2, 0.25) is 0 Å². The number of halogens is 1. The zero-order valence-corrected chi connectivity index (χ0v) is 15.6. The summed E-state index contributed by atoms with van der Waals surface area (Å²) in [6.07, 6.45) is 0.673. The van der Waals surface area contributed by atoms with E-state index in [0.29, 0.717) is 23.7 Å². The Hall–Kier alpha value is -2.53. The maximum atomic E-state index is 11.7. The molecule has 0 atom stereocenters. The average molecular weight is 376 g/mol. The van der Waals surface area contributed by atoms with E-state index in [0.717, 1.165) is 16.7 Å². The van der Waals surface area contributed by atoms with Crippen LogP contribution in [0.5, 0.6) is 5.75 Å². The minimum atomic E-state index is -0.583. The number of para-hydroxylation sites is 1. The summed E-state index contributed by atoms with van der Waals surface area (Å²) in [5.41, 5.74) is 2.95. The summed E-state index contributed by atoms with van der Waals surface area (Å²) in [5, 5.41) is 3.38. The number of hydrogen-bond donors (Lipinski definition) is 1. The molecule has 0 heterocycles. The second-order valence-electron chi connectivity index (χ2n) is 5.90. The van der Waals surface area contributed by atoms with Crippen LogP contribution in [0, 0.1) is 13.8 Å². The molecule has 2 aromatic carbocycles. The van der Waals surface area contributed by atoms with E-state index in [9.17, 15) is 9.59 Å². The first-order valence-corrected chi connectivity index (χ1v) is 8.69. The Labute approximate surface area is 158 Å². The van der Waals surface area contributed by atoms with Gasteiger partial charge in [-0.3, -0.25) is 4.79 Å². The van der Waals surface area contributed by atoms with Crippen LogP contribution in [-0.2, 0) is 20.7 Å². The molecule has 26 heavy (non-hydrogen) atoms. The largest absolute Gasteiger partial charge is 0.481 e. The van der Waals surface area contributed by atoms with E-state index in [2.05, 4.69) is 5.32 Å². The molecule has 0 saturated carbocycles. The first kappa shape index (κ1) is 19.8. The lowest BCUT2D eigenvalue weighted by Crippen LogP contribution is -2.31. The van der Waals surface area contributed by atoms with E-state index in [4.69, 9.17) is 21.1 Å². The number of ether oxygens (including phenoxy) is 2. The summed E-state index contributed by atoms with van der Waals surface area (Å²) < 4.78 is 10.4. The molecule has 2 rings (SSSR count). The summed E-state index contributed by atoms with van der Waals surface area (Å²) >= 11 is 5.82. The zero-order valence-electron chi connectivity index (χ0n) is 14.9. The van der Waals surface area contributed by atoms with Crippen LogP contribution in [0.15, 0.2) is 42.5 Å². The number of amides is 1.